The highest BCUT2D eigenvalue weighted by atomic mass is 32.2. The fourth-order valence-electron chi connectivity index (χ4n) is 3.24. The summed E-state index contributed by atoms with van der Waals surface area (Å²) < 4.78 is 33.0. The minimum absolute atomic E-state index is 0.383. The van der Waals surface area contributed by atoms with Gasteiger partial charge < -0.3 is 4.74 Å². The van der Waals surface area contributed by atoms with Crippen molar-refractivity contribution in [3.05, 3.63) is 23.8 Å². The highest BCUT2D eigenvalue weighted by molar-refractivity contribution is 7.89. The first-order valence-electron chi connectivity index (χ1n) is 8.14. The van der Waals surface area contributed by atoms with E-state index in [0.717, 1.165) is 24.2 Å². The minimum atomic E-state index is -3.41. The fraction of sp³-hybridized carbons (Fsp3) is 0.647. The molecule has 1 aromatic carbocycles. The van der Waals surface area contributed by atoms with Gasteiger partial charge in [0.1, 0.15) is 5.75 Å². The molecule has 0 aliphatic carbocycles. The van der Waals surface area contributed by atoms with Gasteiger partial charge in [-0.25, -0.2) is 8.42 Å². The third-order valence-corrected chi connectivity index (χ3v) is 6.01. The van der Waals surface area contributed by atoms with E-state index in [4.69, 9.17) is 4.74 Å². The van der Waals surface area contributed by atoms with Gasteiger partial charge in [0.15, 0.2) is 0 Å². The maximum Gasteiger partial charge on any atom is 0.243 e. The summed E-state index contributed by atoms with van der Waals surface area (Å²) >= 11 is 0. The molecular formula is C17H27NO3S. The number of rotatable bonds is 5. The Bertz CT molecular complexity index is 602. The molecule has 0 unspecified atom stereocenters. The normalized spacial score (nSPS) is 23.5. The van der Waals surface area contributed by atoms with Gasteiger partial charge >= 0.3 is 0 Å². The number of piperidine rings is 1. The molecule has 124 valence electrons. The molecule has 1 aliphatic heterocycles. The number of nitrogens with zero attached hydrogens (tertiary/aromatic N) is 1. The lowest BCUT2D eigenvalue weighted by Gasteiger charge is -2.34. The molecule has 2 atom stereocenters. The molecule has 2 rings (SSSR count). The summed E-state index contributed by atoms with van der Waals surface area (Å²) in [6.07, 6.45) is 1.85. The van der Waals surface area contributed by atoms with E-state index in [-0.39, 0.29) is 0 Å². The smallest absolute Gasteiger partial charge is 0.243 e. The average Bonchev–Trinajstić information content (AvgIpc) is 2.46. The lowest BCUT2D eigenvalue weighted by molar-refractivity contribution is 0.222. The molecule has 4 nitrogen and oxygen atoms in total. The Morgan fingerprint density at radius 3 is 2.36 bits per heavy atom. The van der Waals surface area contributed by atoms with Crippen LogP contribution >= 0.6 is 0 Å². The van der Waals surface area contributed by atoms with Crippen LogP contribution in [0.4, 0.5) is 0 Å². The lowest BCUT2D eigenvalue weighted by Crippen LogP contribution is -2.42. The molecule has 22 heavy (non-hydrogen) atoms. The summed E-state index contributed by atoms with van der Waals surface area (Å²) in [6, 6.07) is 5.22. The molecule has 0 spiro atoms. The van der Waals surface area contributed by atoms with Gasteiger partial charge in [-0.3, -0.25) is 0 Å². The number of ether oxygens (including phenoxy) is 1. The standard InChI is InChI=1S/C17H27NO3S/c1-5-15-10-16(7-8-17(15)21-6-2)22(19,20)18-11-13(3)9-14(4)12-18/h7-8,10,13-14H,5-6,9,11-12H2,1-4H3/t13-,14-/m1/s1. The Hall–Kier alpha value is -1.07. The van der Waals surface area contributed by atoms with Gasteiger partial charge in [0, 0.05) is 13.1 Å². The van der Waals surface area contributed by atoms with Gasteiger partial charge in [-0.2, -0.15) is 4.31 Å². The van der Waals surface area contributed by atoms with E-state index in [1.54, 1.807) is 22.5 Å². The molecule has 0 bridgehead atoms. The number of sulfonamides is 1. The van der Waals surface area contributed by atoms with Crippen molar-refractivity contribution in [2.75, 3.05) is 19.7 Å². The lowest BCUT2D eigenvalue weighted by atomic mass is 9.94. The Kier molecular flexibility index (Phi) is 5.50. The monoisotopic (exact) mass is 325 g/mol. The molecule has 0 N–H and O–H groups in total. The Labute approximate surface area is 134 Å². The van der Waals surface area contributed by atoms with Crippen molar-refractivity contribution in [2.24, 2.45) is 11.8 Å². The van der Waals surface area contributed by atoms with Crippen molar-refractivity contribution < 1.29 is 13.2 Å². The number of aryl methyl sites for hydroxylation is 1. The van der Waals surface area contributed by atoms with Crippen molar-refractivity contribution in [1.29, 1.82) is 0 Å². The van der Waals surface area contributed by atoms with Gasteiger partial charge in [0.2, 0.25) is 10.0 Å². The fourth-order valence-corrected chi connectivity index (χ4v) is 4.97. The molecule has 0 radical (unpaired) electrons. The molecule has 0 saturated carbocycles. The third kappa shape index (κ3) is 3.63. The minimum Gasteiger partial charge on any atom is -0.494 e. The molecule has 1 aliphatic rings. The van der Waals surface area contributed by atoms with Crippen molar-refractivity contribution in [1.82, 2.24) is 4.31 Å². The number of hydrogen-bond donors (Lipinski definition) is 0. The van der Waals surface area contributed by atoms with Crippen LogP contribution in [0.15, 0.2) is 23.1 Å². The van der Waals surface area contributed by atoms with Crippen LogP contribution in [-0.2, 0) is 16.4 Å². The number of benzene rings is 1. The summed E-state index contributed by atoms with van der Waals surface area (Å²) in [5.74, 6) is 1.60. The molecule has 0 aromatic heterocycles. The second kappa shape index (κ2) is 7.01. The summed E-state index contributed by atoms with van der Waals surface area (Å²) in [5, 5.41) is 0. The maximum absolute atomic E-state index is 12.9. The van der Waals surface area contributed by atoms with Crippen LogP contribution in [0.2, 0.25) is 0 Å². The SMILES string of the molecule is CCOc1ccc(S(=O)(=O)N2C[C@H](C)C[C@@H](C)C2)cc1CC. The summed E-state index contributed by atoms with van der Waals surface area (Å²) in [7, 11) is -3.41. The van der Waals surface area contributed by atoms with E-state index in [2.05, 4.69) is 13.8 Å². The van der Waals surface area contributed by atoms with Gasteiger partial charge in [-0.1, -0.05) is 20.8 Å². The zero-order valence-corrected chi connectivity index (χ0v) is 14.8. The van der Waals surface area contributed by atoms with Crippen LogP contribution < -0.4 is 4.74 Å². The Balaban J connectivity index is 2.33. The molecule has 1 aromatic rings. The van der Waals surface area contributed by atoms with Gasteiger partial charge in [0.25, 0.3) is 0 Å². The topological polar surface area (TPSA) is 46.6 Å². The highest BCUT2D eigenvalue weighted by Gasteiger charge is 2.31. The molecule has 1 saturated heterocycles. The maximum atomic E-state index is 12.9. The van der Waals surface area contributed by atoms with Crippen LogP contribution in [0.1, 0.15) is 39.7 Å². The van der Waals surface area contributed by atoms with E-state index < -0.39 is 10.0 Å². The highest BCUT2D eigenvalue weighted by Crippen LogP contribution is 2.29. The Morgan fingerprint density at radius 1 is 1.18 bits per heavy atom. The van der Waals surface area contributed by atoms with Crippen LogP contribution in [0.5, 0.6) is 5.75 Å². The van der Waals surface area contributed by atoms with Gasteiger partial charge in [-0.15, -0.1) is 0 Å². The predicted octanol–water partition coefficient (Wildman–Crippen LogP) is 3.31. The van der Waals surface area contributed by atoms with Crippen LogP contribution in [0, 0.1) is 11.8 Å². The number of hydrogen-bond acceptors (Lipinski definition) is 3. The predicted molar refractivity (Wildman–Crippen MR) is 88.7 cm³/mol. The molecule has 5 heteroatoms. The van der Waals surface area contributed by atoms with Crippen molar-refractivity contribution in [2.45, 2.75) is 45.4 Å². The van der Waals surface area contributed by atoms with Crippen molar-refractivity contribution in [3.63, 3.8) is 0 Å². The van der Waals surface area contributed by atoms with Crippen molar-refractivity contribution in [3.8, 4) is 5.75 Å². The average molecular weight is 325 g/mol. The molecular weight excluding hydrogens is 298 g/mol. The summed E-state index contributed by atoms with van der Waals surface area (Å²) in [4.78, 5) is 0.383. The first-order chi connectivity index (χ1) is 10.4. The van der Waals surface area contributed by atoms with E-state index in [1.807, 2.05) is 13.8 Å². The largest absolute Gasteiger partial charge is 0.494 e. The molecule has 0 amide bonds. The van der Waals surface area contributed by atoms with E-state index in [9.17, 15) is 8.42 Å². The van der Waals surface area contributed by atoms with Gasteiger partial charge in [-0.05, 0) is 55.4 Å². The van der Waals surface area contributed by atoms with Crippen molar-refractivity contribution >= 4 is 10.0 Å². The second-order valence-electron chi connectivity index (χ2n) is 6.32. The Morgan fingerprint density at radius 2 is 1.82 bits per heavy atom. The molecule has 1 fully saturated rings. The third-order valence-electron chi connectivity index (χ3n) is 4.19. The van der Waals surface area contributed by atoms with Gasteiger partial charge in [0.05, 0.1) is 11.5 Å². The van der Waals surface area contributed by atoms with Crippen LogP contribution in [0.3, 0.4) is 0 Å². The zero-order chi connectivity index (χ0) is 16.3. The van der Waals surface area contributed by atoms with E-state index >= 15 is 0 Å². The van der Waals surface area contributed by atoms with E-state index in [1.165, 1.54) is 0 Å². The quantitative estimate of drug-likeness (QED) is 0.834. The first kappa shape index (κ1) is 17.3. The van der Waals surface area contributed by atoms with Crippen LogP contribution in [-0.4, -0.2) is 32.4 Å². The second-order valence-corrected chi connectivity index (χ2v) is 8.26. The van der Waals surface area contributed by atoms with E-state index in [0.29, 0.717) is 36.4 Å². The summed E-state index contributed by atoms with van der Waals surface area (Å²) in [5.41, 5.74) is 0.945. The molecule has 1 heterocycles. The first-order valence-corrected chi connectivity index (χ1v) is 9.58. The van der Waals surface area contributed by atoms with Crippen LogP contribution in [0.25, 0.3) is 0 Å². The zero-order valence-electron chi connectivity index (χ0n) is 14.0. The summed E-state index contributed by atoms with van der Waals surface area (Å²) in [6.45, 7) is 9.99.